The van der Waals surface area contributed by atoms with Crippen LogP contribution in [0, 0.1) is 22.7 Å². The average molecular weight is 448 g/mol. The molecule has 0 radical (unpaired) electrons. The number of rotatable bonds is 10. The summed E-state index contributed by atoms with van der Waals surface area (Å²) in [5.74, 6) is -1.10. The molecule has 0 N–H and O–H groups in total. The van der Waals surface area contributed by atoms with Crippen LogP contribution >= 0.6 is 11.3 Å². The van der Waals surface area contributed by atoms with Crippen molar-refractivity contribution in [3.05, 3.63) is 65.2 Å². The number of aromatic nitrogens is 2. The van der Waals surface area contributed by atoms with Crippen LogP contribution in [0.5, 0.6) is 0 Å². The number of hydrogen-bond donors (Lipinski definition) is 0. The van der Waals surface area contributed by atoms with E-state index in [-0.39, 0.29) is 31.5 Å². The van der Waals surface area contributed by atoms with Crippen LogP contribution in [0.25, 0.3) is 10.6 Å². The number of nitriles is 2. The van der Waals surface area contributed by atoms with E-state index in [1.807, 2.05) is 60.0 Å². The molecule has 0 saturated heterocycles. The fourth-order valence-corrected chi connectivity index (χ4v) is 3.77. The van der Waals surface area contributed by atoms with Gasteiger partial charge in [-0.2, -0.15) is 15.6 Å². The first-order valence-corrected chi connectivity index (χ1v) is 10.8. The number of hydrogen-bond acceptors (Lipinski definition) is 7. The number of esters is 1. The summed E-state index contributed by atoms with van der Waals surface area (Å²) in [6, 6.07) is 17.4. The van der Waals surface area contributed by atoms with Crippen LogP contribution in [-0.2, 0) is 16.1 Å². The molecular formula is C23H21N5O3S. The Morgan fingerprint density at radius 2 is 1.78 bits per heavy atom. The number of benzene rings is 1. The van der Waals surface area contributed by atoms with E-state index in [9.17, 15) is 9.59 Å². The Balaban J connectivity index is 1.74. The second kappa shape index (κ2) is 11.4. The van der Waals surface area contributed by atoms with Gasteiger partial charge in [-0.05, 0) is 17.0 Å². The van der Waals surface area contributed by atoms with Crippen molar-refractivity contribution in [2.75, 3.05) is 19.7 Å². The van der Waals surface area contributed by atoms with Crippen LogP contribution in [0.2, 0.25) is 0 Å². The van der Waals surface area contributed by atoms with Crippen LogP contribution in [-0.4, -0.2) is 46.3 Å². The van der Waals surface area contributed by atoms with Gasteiger partial charge in [0.05, 0.1) is 36.4 Å². The van der Waals surface area contributed by atoms with Gasteiger partial charge in [0.2, 0.25) is 0 Å². The fraction of sp³-hybridized carbons (Fsp3) is 0.261. The van der Waals surface area contributed by atoms with E-state index in [2.05, 4.69) is 5.10 Å². The van der Waals surface area contributed by atoms with E-state index < -0.39 is 18.5 Å². The predicted octanol–water partition coefficient (Wildman–Crippen LogP) is 3.47. The van der Waals surface area contributed by atoms with Gasteiger partial charge in [-0.3, -0.25) is 9.48 Å². The molecule has 1 amide bonds. The van der Waals surface area contributed by atoms with E-state index in [0.717, 1.165) is 10.4 Å². The third-order valence-corrected chi connectivity index (χ3v) is 5.47. The summed E-state index contributed by atoms with van der Waals surface area (Å²) < 4.78 is 6.96. The maximum Gasteiger partial charge on any atom is 0.342 e. The second-order valence-electron chi connectivity index (χ2n) is 6.83. The highest BCUT2D eigenvalue weighted by Gasteiger charge is 2.22. The minimum absolute atomic E-state index is 0.139. The van der Waals surface area contributed by atoms with E-state index >= 15 is 0 Å². The Bertz CT molecular complexity index is 1110. The molecular weight excluding hydrogens is 426 g/mol. The van der Waals surface area contributed by atoms with Gasteiger partial charge in [0, 0.05) is 19.3 Å². The lowest BCUT2D eigenvalue weighted by Gasteiger charge is -2.20. The Morgan fingerprint density at radius 1 is 1.06 bits per heavy atom. The molecule has 162 valence electrons. The number of amides is 1. The van der Waals surface area contributed by atoms with E-state index in [1.165, 1.54) is 16.2 Å². The highest BCUT2D eigenvalue weighted by atomic mass is 32.1. The summed E-state index contributed by atoms with van der Waals surface area (Å²) >= 11 is 1.45. The van der Waals surface area contributed by atoms with Gasteiger partial charge in [0.15, 0.2) is 6.61 Å². The molecule has 3 aromatic rings. The van der Waals surface area contributed by atoms with Crippen LogP contribution < -0.4 is 0 Å². The third-order valence-electron chi connectivity index (χ3n) is 4.59. The second-order valence-corrected chi connectivity index (χ2v) is 7.77. The first-order chi connectivity index (χ1) is 15.6. The zero-order valence-corrected chi connectivity index (χ0v) is 18.1. The Morgan fingerprint density at radius 3 is 2.41 bits per heavy atom. The number of ether oxygens (including phenoxy) is 1. The summed E-state index contributed by atoms with van der Waals surface area (Å²) in [6.07, 6.45) is 1.90. The highest BCUT2D eigenvalue weighted by molar-refractivity contribution is 7.13. The Labute approximate surface area is 189 Å². The lowest BCUT2D eigenvalue weighted by molar-refractivity contribution is -0.134. The number of nitrogens with zero attached hydrogens (tertiary/aromatic N) is 5. The third kappa shape index (κ3) is 6.03. The number of carbonyl (C=O) groups excluding carboxylic acids is 2. The molecule has 1 aromatic carbocycles. The first-order valence-electron chi connectivity index (χ1n) is 9.96. The Kier molecular flexibility index (Phi) is 8.13. The summed E-state index contributed by atoms with van der Waals surface area (Å²) in [5, 5.41) is 24.0. The van der Waals surface area contributed by atoms with E-state index in [1.54, 1.807) is 10.9 Å². The predicted molar refractivity (Wildman–Crippen MR) is 118 cm³/mol. The van der Waals surface area contributed by atoms with Gasteiger partial charge in [0.1, 0.15) is 11.3 Å². The lowest BCUT2D eigenvalue weighted by Crippen LogP contribution is -2.36. The number of thiophene rings is 1. The monoisotopic (exact) mass is 447 g/mol. The van der Waals surface area contributed by atoms with Crippen molar-refractivity contribution in [1.82, 2.24) is 14.7 Å². The molecule has 0 saturated carbocycles. The summed E-state index contributed by atoms with van der Waals surface area (Å²) in [5.41, 5.74) is 1.81. The molecule has 0 atom stereocenters. The number of carbonyl (C=O) groups is 2. The van der Waals surface area contributed by atoms with Gasteiger partial charge < -0.3 is 9.64 Å². The van der Waals surface area contributed by atoms with Crippen molar-refractivity contribution >= 4 is 23.2 Å². The molecule has 0 fully saturated rings. The van der Waals surface area contributed by atoms with Crippen LogP contribution in [0.3, 0.4) is 0 Å². The van der Waals surface area contributed by atoms with E-state index in [4.69, 9.17) is 15.3 Å². The van der Waals surface area contributed by atoms with Crippen molar-refractivity contribution in [2.24, 2.45) is 0 Å². The largest absolute Gasteiger partial charge is 0.452 e. The molecule has 0 unspecified atom stereocenters. The van der Waals surface area contributed by atoms with Crippen molar-refractivity contribution in [3.63, 3.8) is 0 Å². The van der Waals surface area contributed by atoms with Gasteiger partial charge in [-0.15, -0.1) is 11.3 Å². The lowest BCUT2D eigenvalue weighted by atomic mass is 10.2. The molecule has 0 aliphatic carbocycles. The van der Waals surface area contributed by atoms with Crippen molar-refractivity contribution in [1.29, 1.82) is 10.5 Å². The molecule has 2 heterocycles. The first kappa shape index (κ1) is 22.7. The molecule has 32 heavy (non-hydrogen) atoms. The van der Waals surface area contributed by atoms with Crippen LogP contribution in [0.1, 0.15) is 28.8 Å². The summed E-state index contributed by atoms with van der Waals surface area (Å²) in [4.78, 5) is 27.5. The maximum atomic E-state index is 12.8. The molecule has 9 heteroatoms. The average Bonchev–Trinajstić information content (AvgIpc) is 3.48. The smallest absolute Gasteiger partial charge is 0.342 e. The minimum Gasteiger partial charge on any atom is -0.452 e. The molecule has 0 aliphatic heterocycles. The van der Waals surface area contributed by atoms with Gasteiger partial charge in [-0.25, -0.2) is 4.79 Å². The molecule has 0 spiro atoms. The molecule has 2 aromatic heterocycles. The molecule has 3 rings (SSSR count). The van der Waals surface area contributed by atoms with Crippen molar-refractivity contribution < 1.29 is 14.3 Å². The Hall–Kier alpha value is -3.95. The van der Waals surface area contributed by atoms with Crippen molar-refractivity contribution in [3.8, 4) is 22.7 Å². The minimum atomic E-state index is -0.651. The van der Waals surface area contributed by atoms with Gasteiger partial charge >= 0.3 is 5.97 Å². The topological polar surface area (TPSA) is 112 Å². The molecule has 0 bridgehead atoms. The maximum absolute atomic E-state index is 12.8. The highest BCUT2D eigenvalue weighted by Crippen LogP contribution is 2.27. The van der Waals surface area contributed by atoms with Crippen LogP contribution in [0.4, 0.5) is 0 Å². The summed E-state index contributed by atoms with van der Waals surface area (Å²) in [6.45, 7) is 0.388. The van der Waals surface area contributed by atoms with Gasteiger partial charge in [0.25, 0.3) is 5.91 Å². The van der Waals surface area contributed by atoms with Gasteiger partial charge in [-0.1, -0.05) is 36.4 Å². The molecule has 0 aliphatic rings. The van der Waals surface area contributed by atoms with E-state index in [0.29, 0.717) is 12.2 Å². The zero-order chi connectivity index (χ0) is 22.8. The summed E-state index contributed by atoms with van der Waals surface area (Å²) in [7, 11) is 0. The SMILES string of the molecule is N#CCCN(CCC#N)C(=O)COC(=O)c1cn(Cc2ccccc2)nc1-c1cccs1. The fourth-order valence-electron chi connectivity index (χ4n) is 3.04. The van der Waals surface area contributed by atoms with Crippen LogP contribution in [0.15, 0.2) is 54.0 Å². The van der Waals surface area contributed by atoms with Crippen molar-refractivity contribution in [2.45, 2.75) is 19.4 Å². The zero-order valence-electron chi connectivity index (χ0n) is 17.3. The normalized spacial score (nSPS) is 10.2. The quantitative estimate of drug-likeness (QED) is 0.440. The molecule has 8 nitrogen and oxygen atoms in total. The standard InChI is InChI=1S/C23H21N5O3S/c24-10-5-12-27(13-6-11-25)21(29)17-31-23(30)19-16-28(15-18-7-2-1-3-8-18)26-22(19)20-9-4-14-32-20/h1-4,7-9,14,16H,5-6,12-13,15,17H2.